The number of oxime groups is 1. The second-order valence-corrected chi connectivity index (χ2v) is 5.70. The molecule has 0 fully saturated rings. The van der Waals surface area contributed by atoms with Gasteiger partial charge in [-0.05, 0) is 36.8 Å². The van der Waals surface area contributed by atoms with Crippen LogP contribution in [0, 0.1) is 6.92 Å². The van der Waals surface area contributed by atoms with Crippen molar-refractivity contribution in [3.63, 3.8) is 0 Å². The molecule has 134 valence electrons. The van der Waals surface area contributed by atoms with E-state index in [1.165, 1.54) is 0 Å². The van der Waals surface area contributed by atoms with Gasteiger partial charge in [0.2, 0.25) is 5.88 Å². The van der Waals surface area contributed by atoms with E-state index < -0.39 is 0 Å². The number of hydrogen-bond donors (Lipinski definition) is 0. The molecule has 26 heavy (non-hydrogen) atoms. The van der Waals surface area contributed by atoms with Crippen LogP contribution >= 0.6 is 0 Å². The van der Waals surface area contributed by atoms with Gasteiger partial charge < -0.3 is 14.3 Å². The quantitative estimate of drug-likeness (QED) is 0.475. The van der Waals surface area contributed by atoms with Crippen molar-refractivity contribution < 1.29 is 14.3 Å². The number of nitrogens with zero attached hydrogens (tertiary/aromatic N) is 3. The van der Waals surface area contributed by atoms with E-state index in [-0.39, 0.29) is 0 Å². The molecule has 3 rings (SSSR count). The second-order valence-electron chi connectivity index (χ2n) is 5.70. The SMILES string of the molecule is COc1cccc(CO/N=C/c2c(C)nn(C)c2Oc2ccccc2)c1. The standard InChI is InChI=1S/C20H21N3O3/c1-15-19(13-21-25-14-16-8-7-11-18(12-16)24-3)20(23(2)22-15)26-17-9-5-4-6-10-17/h4-13H,14H2,1-3H3/b21-13+. The third-order valence-corrected chi connectivity index (χ3v) is 3.79. The summed E-state index contributed by atoms with van der Waals surface area (Å²) in [6, 6.07) is 17.2. The highest BCUT2D eigenvalue weighted by molar-refractivity contribution is 5.84. The van der Waals surface area contributed by atoms with E-state index in [0.717, 1.165) is 28.3 Å². The van der Waals surface area contributed by atoms with Gasteiger partial charge in [-0.3, -0.25) is 0 Å². The van der Waals surface area contributed by atoms with Gasteiger partial charge in [-0.15, -0.1) is 0 Å². The van der Waals surface area contributed by atoms with Crippen LogP contribution < -0.4 is 9.47 Å². The maximum absolute atomic E-state index is 5.94. The van der Waals surface area contributed by atoms with Gasteiger partial charge in [0, 0.05) is 7.05 Å². The molecule has 0 aliphatic carbocycles. The maximum Gasteiger partial charge on any atom is 0.226 e. The Balaban J connectivity index is 1.69. The van der Waals surface area contributed by atoms with Crippen molar-refractivity contribution in [3.8, 4) is 17.4 Å². The van der Waals surface area contributed by atoms with E-state index in [1.807, 2.05) is 68.6 Å². The number of para-hydroxylation sites is 1. The van der Waals surface area contributed by atoms with Gasteiger partial charge >= 0.3 is 0 Å². The van der Waals surface area contributed by atoms with E-state index in [2.05, 4.69) is 10.3 Å². The summed E-state index contributed by atoms with van der Waals surface area (Å²) in [5.41, 5.74) is 2.57. The third-order valence-electron chi connectivity index (χ3n) is 3.79. The Morgan fingerprint density at radius 1 is 1.08 bits per heavy atom. The summed E-state index contributed by atoms with van der Waals surface area (Å²) in [4.78, 5) is 5.41. The smallest absolute Gasteiger partial charge is 0.226 e. The molecule has 2 aromatic carbocycles. The van der Waals surface area contributed by atoms with Crippen LogP contribution in [-0.2, 0) is 18.5 Å². The summed E-state index contributed by atoms with van der Waals surface area (Å²) in [6.45, 7) is 2.25. The number of rotatable bonds is 7. The average molecular weight is 351 g/mol. The molecule has 6 heteroatoms. The minimum atomic E-state index is 0.349. The van der Waals surface area contributed by atoms with Crippen LogP contribution in [0.1, 0.15) is 16.8 Å². The monoisotopic (exact) mass is 351 g/mol. The first-order chi connectivity index (χ1) is 12.7. The number of methoxy groups -OCH3 is 1. The lowest BCUT2D eigenvalue weighted by Crippen LogP contribution is -1.97. The summed E-state index contributed by atoms with van der Waals surface area (Å²) in [7, 11) is 3.47. The summed E-state index contributed by atoms with van der Waals surface area (Å²) >= 11 is 0. The van der Waals surface area contributed by atoms with E-state index in [0.29, 0.717) is 12.5 Å². The fourth-order valence-electron chi connectivity index (χ4n) is 2.49. The summed E-state index contributed by atoms with van der Waals surface area (Å²) < 4.78 is 12.8. The van der Waals surface area contributed by atoms with Crippen molar-refractivity contribution in [2.24, 2.45) is 12.2 Å². The Labute approximate surface area is 152 Å². The second kappa shape index (κ2) is 8.20. The Bertz CT molecular complexity index is 889. The van der Waals surface area contributed by atoms with E-state index in [9.17, 15) is 0 Å². The van der Waals surface area contributed by atoms with E-state index >= 15 is 0 Å². The first-order valence-electron chi connectivity index (χ1n) is 8.22. The molecule has 0 saturated carbocycles. The van der Waals surface area contributed by atoms with Gasteiger partial charge in [0.25, 0.3) is 0 Å². The lowest BCUT2D eigenvalue weighted by atomic mass is 10.2. The van der Waals surface area contributed by atoms with Crippen molar-refractivity contribution in [2.45, 2.75) is 13.5 Å². The number of benzene rings is 2. The number of hydrogen-bond acceptors (Lipinski definition) is 5. The van der Waals surface area contributed by atoms with Crippen molar-refractivity contribution in [1.82, 2.24) is 9.78 Å². The Kier molecular flexibility index (Phi) is 5.53. The zero-order valence-corrected chi connectivity index (χ0v) is 15.0. The molecule has 3 aromatic rings. The first kappa shape index (κ1) is 17.5. The highest BCUT2D eigenvalue weighted by Crippen LogP contribution is 2.25. The molecule has 0 aliphatic rings. The fourth-order valence-corrected chi connectivity index (χ4v) is 2.49. The van der Waals surface area contributed by atoms with E-state index in [1.54, 1.807) is 18.0 Å². The minimum Gasteiger partial charge on any atom is -0.497 e. The van der Waals surface area contributed by atoms with Gasteiger partial charge in [0.05, 0.1) is 24.6 Å². The molecule has 0 radical (unpaired) electrons. The van der Waals surface area contributed by atoms with Crippen LogP contribution in [0.15, 0.2) is 59.8 Å². The van der Waals surface area contributed by atoms with Gasteiger partial charge in [-0.1, -0.05) is 35.5 Å². The molecular weight excluding hydrogens is 330 g/mol. The predicted molar refractivity (Wildman–Crippen MR) is 99.8 cm³/mol. The van der Waals surface area contributed by atoms with Crippen molar-refractivity contribution in [3.05, 3.63) is 71.4 Å². The molecule has 0 unspecified atom stereocenters. The predicted octanol–water partition coefficient (Wildman–Crippen LogP) is 4.08. The first-order valence-corrected chi connectivity index (χ1v) is 8.22. The van der Waals surface area contributed by atoms with Crippen LogP contribution in [0.5, 0.6) is 17.4 Å². The summed E-state index contributed by atoms with van der Waals surface area (Å²) in [6.07, 6.45) is 1.63. The van der Waals surface area contributed by atoms with Gasteiger partial charge in [0.1, 0.15) is 18.1 Å². The largest absolute Gasteiger partial charge is 0.497 e. The molecule has 0 atom stereocenters. The highest BCUT2D eigenvalue weighted by Gasteiger charge is 2.14. The zero-order chi connectivity index (χ0) is 18.4. The lowest BCUT2D eigenvalue weighted by Gasteiger charge is -2.06. The topological polar surface area (TPSA) is 57.9 Å². The molecule has 1 heterocycles. The molecule has 0 bridgehead atoms. The van der Waals surface area contributed by atoms with Crippen LogP contribution in [-0.4, -0.2) is 23.1 Å². The molecule has 1 aromatic heterocycles. The maximum atomic E-state index is 5.94. The summed E-state index contributed by atoms with van der Waals surface area (Å²) in [5, 5.41) is 8.46. The van der Waals surface area contributed by atoms with Crippen molar-refractivity contribution >= 4 is 6.21 Å². The van der Waals surface area contributed by atoms with Crippen LogP contribution in [0.25, 0.3) is 0 Å². The number of ether oxygens (including phenoxy) is 2. The lowest BCUT2D eigenvalue weighted by molar-refractivity contribution is 0.132. The normalized spacial score (nSPS) is 10.9. The molecule has 0 aliphatic heterocycles. The van der Waals surface area contributed by atoms with Gasteiger partial charge in [-0.25, -0.2) is 4.68 Å². The molecule has 0 spiro atoms. The molecular formula is C20H21N3O3. The van der Waals surface area contributed by atoms with Crippen molar-refractivity contribution in [2.75, 3.05) is 7.11 Å². The minimum absolute atomic E-state index is 0.349. The zero-order valence-electron chi connectivity index (χ0n) is 15.0. The van der Waals surface area contributed by atoms with Gasteiger partial charge in [-0.2, -0.15) is 5.10 Å². The Hall–Kier alpha value is -3.28. The van der Waals surface area contributed by atoms with Crippen LogP contribution in [0.3, 0.4) is 0 Å². The Morgan fingerprint density at radius 3 is 2.62 bits per heavy atom. The third kappa shape index (κ3) is 4.22. The van der Waals surface area contributed by atoms with Crippen LogP contribution in [0.4, 0.5) is 0 Å². The molecule has 0 amide bonds. The Morgan fingerprint density at radius 2 is 1.85 bits per heavy atom. The highest BCUT2D eigenvalue weighted by atomic mass is 16.6. The van der Waals surface area contributed by atoms with Crippen LogP contribution in [0.2, 0.25) is 0 Å². The number of aryl methyl sites for hydroxylation is 2. The molecule has 0 N–H and O–H groups in total. The number of aromatic nitrogens is 2. The molecule has 6 nitrogen and oxygen atoms in total. The van der Waals surface area contributed by atoms with E-state index in [4.69, 9.17) is 14.3 Å². The molecule has 0 saturated heterocycles. The fraction of sp³-hybridized carbons (Fsp3) is 0.200. The average Bonchev–Trinajstić information content (AvgIpc) is 2.93. The summed E-state index contributed by atoms with van der Waals surface area (Å²) in [5.74, 6) is 2.14. The van der Waals surface area contributed by atoms with Gasteiger partial charge in [0.15, 0.2) is 0 Å². The van der Waals surface area contributed by atoms with Crippen molar-refractivity contribution in [1.29, 1.82) is 0 Å².